The van der Waals surface area contributed by atoms with E-state index in [1.807, 2.05) is 42.3 Å². The average Bonchev–Trinajstić information content (AvgIpc) is 2.72. The Bertz CT molecular complexity index is 863. The summed E-state index contributed by atoms with van der Waals surface area (Å²) in [4.78, 5) is 28.3. The molecular weight excluding hydrogens is 378 g/mol. The minimum absolute atomic E-state index is 0.0485. The van der Waals surface area contributed by atoms with Crippen molar-refractivity contribution >= 4 is 23.2 Å². The van der Waals surface area contributed by atoms with Gasteiger partial charge in [-0.2, -0.15) is 9.78 Å². The van der Waals surface area contributed by atoms with E-state index in [-0.39, 0.29) is 16.5 Å². The molecule has 2 aromatic rings. The lowest BCUT2D eigenvalue weighted by molar-refractivity contribution is -0.122. The van der Waals surface area contributed by atoms with Gasteiger partial charge in [-0.15, -0.1) is 0 Å². The fraction of sp³-hybridized carbons (Fsp3) is 0.450. The molecule has 2 heterocycles. The second kappa shape index (κ2) is 9.21. The molecule has 0 radical (unpaired) electrons. The van der Waals surface area contributed by atoms with Gasteiger partial charge >= 0.3 is 0 Å². The summed E-state index contributed by atoms with van der Waals surface area (Å²) in [6.07, 6.45) is 3.67. The molecular formula is C20H26ClN5O2. The zero-order chi connectivity index (χ0) is 20.1. The van der Waals surface area contributed by atoms with Crippen LogP contribution in [-0.2, 0) is 4.79 Å². The number of nitrogens with one attached hydrogen (secondary N) is 1. The summed E-state index contributed by atoms with van der Waals surface area (Å²) >= 11 is 6.39. The Morgan fingerprint density at radius 2 is 1.96 bits per heavy atom. The predicted molar refractivity (Wildman–Crippen MR) is 111 cm³/mol. The Morgan fingerprint density at radius 1 is 1.29 bits per heavy atom. The number of aromatic nitrogens is 2. The molecule has 1 aromatic heterocycles. The van der Waals surface area contributed by atoms with Gasteiger partial charge in [0.25, 0.3) is 5.56 Å². The largest absolute Gasteiger partial charge is 0.372 e. The van der Waals surface area contributed by atoms with E-state index in [1.165, 1.54) is 4.68 Å². The van der Waals surface area contributed by atoms with E-state index >= 15 is 0 Å². The van der Waals surface area contributed by atoms with E-state index in [9.17, 15) is 9.59 Å². The highest BCUT2D eigenvalue weighted by molar-refractivity contribution is 6.33. The Labute approximate surface area is 169 Å². The SMILES string of the molecule is CNC(=O)CN1CCC(CN(C)c2cnn(-c3ccccc3)c(=O)c2Cl)CC1. The number of carbonyl (C=O) groups excluding carboxylic acids is 1. The van der Waals surface area contributed by atoms with Crippen LogP contribution in [0.25, 0.3) is 5.69 Å². The molecule has 3 rings (SSSR count). The summed E-state index contributed by atoms with van der Waals surface area (Å²) in [5, 5.41) is 7.15. The fourth-order valence-electron chi connectivity index (χ4n) is 3.54. The monoisotopic (exact) mass is 403 g/mol. The summed E-state index contributed by atoms with van der Waals surface area (Å²) < 4.78 is 1.32. The lowest BCUT2D eigenvalue weighted by Gasteiger charge is -2.34. The highest BCUT2D eigenvalue weighted by Gasteiger charge is 2.23. The number of carbonyl (C=O) groups is 1. The summed E-state index contributed by atoms with van der Waals surface area (Å²) in [6, 6.07) is 9.24. The first-order chi connectivity index (χ1) is 13.5. The van der Waals surface area contributed by atoms with Gasteiger partial charge in [-0.05, 0) is 44.0 Å². The van der Waals surface area contributed by atoms with Crippen LogP contribution in [-0.4, -0.2) is 60.9 Å². The minimum Gasteiger partial charge on any atom is -0.372 e. The molecule has 1 aliphatic heterocycles. The number of likely N-dealkylation sites (N-methyl/N-ethyl adjacent to an activating group) is 1. The zero-order valence-corrected chi connectivity index (χ0v) is 17.0. The molecule has 1 saturated heterocycles. The first-order valence-corrected chi connectivity index (χ1v) is 9.84. The Balaban J connectivity index is 1.64. The van der Waals surface area contributed by atoms with Crippen LogP contribution in [0.5, 0.6) is 0 Å². The van der Waals surface area contributed by atoms with Gasteiger partial charge in [-0.3, -0.25) is 14.5 Å². The molecule has 8 heteroatoms. The highest BCUT2D eigenvalue weighted by atomic mass is 35.5. The van der Waals surface area contributed by atoms with Gasteiger partial charge in [0.2, 0.25) is 5.91 Å². The number of halogens is 1. The van der Waals surface area contributed by atoms with Crippen molar-refractivity contribution in [2.75, 3.05) is 45.2 Å². The maximum Gasteiger partial charge on any atom is 0.292 e. The summed E-state index contributed by atoms with van der Waals surface area (Å²) in [5.74, 6) is 0.533. The Kier molecular flexibility index (Phi) is 6.70. The summed E-state index contributed by atoms with van der Waals surface area (Å²) in [6.45, 7) is 3.04. The molecule has 1 aliphatic rings. The number of likely N-dealkylation sites (tertiary alicyclic amines) is 1. The number of anilines is 1. The normalized spacial score (nSPS) is 15.4. The zero-order valence-electron chi connectivity index (χ0n) is 16.3. The first kappa shape index (κ1) is 20.4. The van der Waals surface area contributed by atoms with E-state index < -0.39 is 0 Å². The molecule has 0 bridgehead atoms. The summed E-state index contributed by atoms with van der Waals surface area (Å²) in [5.41, 5.74) is 1.01. The van der Waals surface area contributed by atoms with Crippen molar-refractivity contribution in [3.63, 3.8) is 0 Å². The van der Waals surface area contributed by atoms with Gasteiger partial charge in [0.1, 0.15) is 5.02 Å². The number of hydrogen-bond acceptors (Lipinski definition) is 5. The minimum atomic E-state index is -0.322. The smallest absolute Gasteiger partial charge is 0.292 e. The number of hydrogen-bond donors (Lipinski definition) is 1. The van der Waals surface area contributed by atoms with Gasteiger partial charge in [0.05, 0.1) is 24.1 Å². The second-order valence-corrected chi connectivity index (χ2v) is 7.55. The van der Waals surface area contributed by atoms with E-state index in [0.717, 1.165) is 32.5 Å². The lowest BCUT2D eigenvalue weighted by atomic mass is 9.96. The lowest BCUT2D eigenvalue weighted by Crippen LogP contribution is -2.42. The molecule has 1 N–H and O–H groups in total. The standard InChI is InChI=1S/C20H26ClN5O2/c1-22-18(27)14-25-10-8-15(9-11-25)13-24(2)17-12-23-26(20(28)19(17)21)16-6-4-3-5-7-16/h3-7,12,15H,8-11,13-14H2,1-2H3,(H,22,27). The molecule has 0 spiro atoms. The molecule has 150 valence electrons. The van der Waals surface area contributed by atoms with Gasteiger partial charge < -0.3 is 10.2 Å². The molecule has 0 unspecified atom stereocenters. The average molecular weight is 404 g/mol. The summed E-state index contributed by atoms with van der Waals surface area (Å²) in [7, 11) is 3.60. The van der Waals surface area contributed by atoms with Crippen LogP contribution in [0.4, 0.5) is 5.69 Å². The van der Waals surface area contributed by atoms with E-state index in [1.54, 1.807) is 13.2 Å². The van der Waals surface area contributed by atoms with Crippen molar-refractivity contribution in [3.8, 4) is 5.69 Å². The van der Waals surface area contributed by atoms with Crippen LogP contribution in [0.2, 0.25) is 5.02 Å². The third-order valence-corrected chi connectivity index (χ3v) is 5.55. The van der Waals surface area contributed by atoms with Gasteiger partial charge in [0, 0.05) is 20.6 Å². The number of para-hydroxylation sites is 1. The molecule has 7 nitrogen and oxygen atoms in total. The van der Waals surface area contributed by atoms with Crippen molar-refractivity contribution < 1.29 is 4.79 Å². The number of nitrogens with zero attached hydrogens (tertiary/aromatic N) is 4. The van der Waals surface area contributed by atoms with Crippen molar-refractivity contribution in [3.05, 3.63) is 51.9 Å². The molecule has 0 saturated carbocycles. The van der Waals surface area contributed by atoms with Crippen molar-refractivity contribution in [1.82, 2.24) is 20.0 Å². The third-order valence-electron chi connectivity index (χ3n) is 5.20. The number of amides is 1. The highest BCUT2D eigenvalue weighted by Crippen LogP contribution is 2.24. The van der Waals surface area contributed by atoms with E-state index in [4.69, 9.17) is 11.6 Å². The topological polar surface area (TPSA) is 70.5 Å². The van der Waals surface area contributed by atoms with Crippen LogP contribution >= 0.6 is 11.6 Å². The van der Waals surface area contributed by atoms with Crippen LogP contribution in [0, 0.1) is 5.92 Å². The Hall–Kier alpha value is -2.38. The molecule has 0 aliphatic carbocycles. The number of piperidine rings is 1. The maximum atomic E-state index is 12.7. The van der Waals surface area contributed by atoms with Gasteiger partial charge in [0.15, 0.2) is 0 Å². The predicted octanol–water partition coefficient (Wildman–Crippen LogP) is 1.78. The van der Waals surface area contributed by atoms with Crippen molar-refractivity contribution in [2.24, 2.45) is 5.92 Å². The van der Waals surface area contributed by atoms with E-state index in [2.05, 4.69) is 15.3 Å². The van der Waals surface area contributed by atoms with Crippen molar-refractivity contribution in [1.29, 1.82) is 0 Å². The first-order valence-electron chi connectivity index (χ1n) is 9.47. The Morgan fingerprint density at radius 3 is 2.61 bits per heavy atom. The van der Waals surface area contributed by atoms with Crippen LogP contribution in [0.15, 0.2) is 41.3 Å². The number of benzene rings is 1. The van der Waals surface area contributed by atoms with Crippen LogP contribution in [0.1, 0.15) is 12.8 Å². The van der Waals surface area contributed by atoms with Crippen LogP contribution < -0.4 is 15.8 Å². The van der Waals surface area contributed by atoms with E-state index in [0.29, 0.717) is 23.8 Å². The van der Waals surface area contributed by atoms with Gasteiger partial charge in [-0.25, -0.2) is 0 Å². The third kappa shape index (κ3) is 4.72. The molecule has 1 amide bonds. The molecule has 28 heavy (non-hydrogen) atoms. The second-order valence-electron chi connectivity index (χ2n) is 7.17. The number of rotatable bonds is 6. The maximum absolute atomic E-state index is 12.7. The molecule has 0 atom stereocenters. The van der Waals surface area contributed by atoms with Crippen LogP contribution in [0.3, 0.4) is 0 Å². The fourth-order valence-corrected chi connectivity index (χ4v) is 3.81. The molecule has 1 aromatic carbocycles. The quantitative estimate of drug-likeness (QED) is 0.796. The van der Waals surface area contributed by atoms with Gasteiger partial charge in [-0.1, -0.05) is 29.8 Å². The van der Waals surface area contributed by atoms with Crippen molar-refractivity contribution in [2.45, 2.75) is 12.8 Å². The molecule has 1 fully saturated rings.